The number of unbranched alkanes of at least 4 members (excludes halogenated alkanes) is 5. The average Bonchev–Trinajstić information content (AvgIpc) is 3.52. The fourth-order valence-corrected chi connectivity index (χ4v) is 8.20. The van der Waals surface area contributed by atoms with Gasteiger partial charge >= 0.3 is 0 Å². The van der Waals surface area contributed by atoms with E-state index in [1.165, 1.54) is 82.6 Å². The minimum Gasteiger partial charge on any atom is -0.356 e. The molecule has 1 saturated heterocycles. The van der Waals surface area contributed by atoms with Gasteiger partial charge in [-0.15, -0.1) is 0 Å². The summed E-state index contributed by atoms with van der Waals surface area (Å²) in [5.74, 6) is 0.580. The van der Waals surface area contributed by atoms with E-state index in [1.807, 2.05) is 6.92 Å². The number of halogens is 2. The van der Waals surface area contributed by atoms with Crippen LogP contribution in [0.4, 0.5) is 8.78 Å². The smallest absolute Gasteiger partial charge is 0.159 e. The van der Waals surface area contributed by atoms with E-state index in [0.717, 1.165) is 24.8 Å². The number of benzene rings is 1. The molecule has 0 bridgehead atoms. The van der Waals surface area contributed by atoms with Gasteiger partial charge in [0.25, 0.3) is 0 Å². The van der Waals surface area contributed by atoms with Crippen LogP contribution in [0.1, 0.15) is 160 Å². The van der Waals surface area contributed by atoms with Gasteiger partial charge in [-0.1, -0.05) is 96.4 Å². The fourth-order valence-electron chi connectivity index (χ4n) is 8.20. The lowest BCUT2D eigenvalue weighted by atomic mass is 9.64. The maximum Gasteiger partial charge on any atom is 0.159 e. The third kappa shape index (κ3) is 6.12. The van der Waals surface area contributed by atoms with Crippen LogP contribution >= 0.6 is 0 Å². The van der Waals surface area contributed by atoms with Crippen LogP contribution in [-0.4, -0.2) is 23.5 Å². The van der Waals surface area contributed by atoms with E-state index < -0.39 is 23.5 Å². The highest BCUT2D eigenvalue weighted by Crippen LogP contribution is 2.62. The largest absolute Gasteiger partial charge is 0.356 e. The molecule has 210 valence electrons. The fraction of sp³-hybridized carbons (Fsp3) is 0.824. The van der Waals surface area contributed by atoms with Crippen LogP contribution in [0.15, 0.2) is 24.3 Å². The number of rotatable bonds is 13. The number of alkyl halides is 2. The Morgan fingerprint density at radius 3 is 1.81 bits per heavy atom. The Labute approximate surface area is 226 Å². The monoisotopic (exact) mass is 516 g/mol. The molecule has 1 aromatic carbocycles. The lowest BCUT2D eigenvalue weighted by Crippen LogP contribution is -2.47. The van der Waals surface area contributed by atoms with Gasteiger partial charge in [-0.3, -0.25) is 0 Å². The van der Waals surface area contributed by atoms with Gasteiger partial charge in [0.05, 0.1) is 0 Å². The van der Waals surface area contributed by atoms with E-state index in [2.05, 4.69) is 45.0 Å². The molecule has 37 heavy (non-hydrogen) atoms. The van der Waals surface area contributed by atoms with E-state index in [0.29, 0.717) is 24.2 Å². The molecule has 0 radical (unpaired) electrons. The van der Waals surface area contributed by atoms with Crippen LogP contribution in [0.2, 0.25) is 0 Å². The second kappa shape index (κ2) is 12.5. The molecule has 0 aromatic heterocycles. The third-order valence-corrected chi connectivity index (χ3v) is 10.6. The van der Waals surface area contributed by atoms with Gasteiger partial charge in [-0.25, -0.2) is 8.78 Å². The first-order valence-electron chi connectivity index (χ1n) is 15.9. The lowest BCUT2D eigenvalue weighted by Gasteiger charge is -2.41. The molecule has 1 spiro atoms. The molecular weight excluding hydrogens is 462 g/mol. The van der Waals surface area contributed by atoms with Crippen molar-refractivity contribution in [2.75, 3.05) is 0 Å². The van der Waals surface area contributed by atoms with Gasteiger partial charge < -0.3 is 4.74 Å². The summed E-state index contributed by atoms with van der Waals surface area (Å²) in [6, 6.07) is 8.87. The van der Waals surface area contributed by atoms with E-state index in [-0.39, 0.29) is 5.92 Å². The second-order valence-electron chi connectivity index (χ2n) is 13.2. The molecule has 3 aliphatic rings. The maximum atomic E-state index is 15.5. The molecule has 3 heteroatoms. The summed E-state index contributed by atoms with van der Waals surface area (Å²) in [5, 5.41) is 0. The number of hydrogen-bond donors (Lipinski definition) is 0. The lowest BCUT2D eigenvalue weighted by molar-refractivity contribution is 0.0297. The summed E-state index contributed by atoms with van der Waals surface area (Å²) >= 11 is 0. The van der Waals surface area contributed by atoms with Gasteiger partial charge in [0, 0.05) is 0 Å². The maximum absolute atomic E-state index is 15.5. The first kappa shape index (κ1) is 29.0. The standard InChI is InChI=1S/C34H54F2O/c1-5-8-10-12-20-32(4)34(37-32)30(35)24-29(25-31(34)36)27-15-13-26(14-16-27)28-17-22-33(19-7-3,23-18-28)21-11-9-6-2/h13-16,28-31H,5-12,17-25H2,1-4H3. The van der Waals surface area contributed by atoms with Crippen molar-refractivity contribution in [3.63, 3.8) is 0 Å². The summed E-state index contributed by atoms with van der Waals surface area (Å²) < 4.78 is 37.0. The Morgan fingerprint density at radius 1 is 0.703 bits per heavy atom. The number of epoxide rings is 1. The van der Waals surface area contributed by atoms with Crippen molar-refractivity contribution in [1.82, 2.24) is 0 Å². The summed E-state index contributed by atoms with van der Waals surface area (Å²) in [7, 11) is 0. The zero-order valence-electron chi connectivity index (χ0n) is 24.3. The highest BCUT2D eigenvalue weighted by atomic mass is 19.1. The van der Waals surface area contributed by atoms with Gasteiger partial charge in [0.1, 0.15) is 17.9 Å². The topological polar surface area (TPSA) is 12.5 Å². The summed E-state index contributed by atoms with van der Waals surface area (Å²) in [5.41, 5.74) is 1.28. The molecule has 1 heterocycles. The molecule has 3 fully saturated rings. The van der Waals surface area contributed by atoms with Gasteiger partial charge in [-0.05, 0) is 93.1 Å². The number of ether oxygens (including phenoxy) is 1. The van der Waals surface area contributed by atoms with Crippen LogP contribution in [0.25, 0.3) is 0 Å². The Morgan fingerprint density at radius 2 is 1.24 bits per heavy atom. The zero-order chi connectivity index (χ0) is 26.5. The Balaban J connectivity index is 1.32. The van der Waals surface area contributed by atoms with Crippen molar-refractivity contribution >= 4 is 0 Å². The molecule has 0 N–H and O–H groups in total. The van der Waals surface area contributed by atoms with Crippen molar-refractivity contribution in [3.8, 4) is 0 Å². The Bertz CT molecular complexity index is 815. The highest BCUT2D eigenvalue weighted by Gasteiger charge is 2.76. The summed E-state index contributed by atoms with van der Waals surface area (Å²) in [4.78, 5) is 0. The van der Waals surface area contributed by atoms with Crippen LogP contribution in [0.3, 0.4) is 0 Å². The Hall–Kier alpha value is -0.960. The normalized spacial score (nSPS) is 37.7. The van der Waals surface area contributed by atoms with Crippen LogP contribution < -0.4 is 0 Å². The summed E-state index contributed by atoms with van der Waals surface area (Å²) in [6.45, 7) is 8.76. The molecule has 2 aliphatic carbocycles. The second-order valence-corrected chi connectivity index (χ2v) is 13.2. The van der Waals surface area contributed by atoms with Crippen molar-refractivity contribution in [2.45, 2.75) is 172 Å². The predicted octanol–water partition coefficient (Wildman–Crippen LogP) is 10.8. The molecule has 0 amide bonds. The van der Waals surface area contributed by atoms with Crippen LogP contribution in [0.5, 0.6) is 0 Å². The van der Waals surface area contributed by atoms with E-state index in [9.17, 15) is 0 Å². The average molecular weight is 517 g/mol. The SMILES string of the molecule is CCCCCCC1(C)OC12C(F)CC(c1ccc(C3CCC(CCC)(CCCCC)CC3)cc1)CC2F. The van der Waals surface area contributed by atoms with Crippen molar-refractivity contribution in [1.29, 1.82) is 0 Å². The highest BCUT2D eigenvalue weighted by molar-refractivity contribution is 5.32. The van der Waals surface area contributed by atoms with E-state index in [1.54, 1.807) is 0 Å². The van der Waals surface area contributed by atoms with Crippen LogP contribution in [-0.2, 0) is 4.74 Å². The molecule has 1 aliphatic heterocycles. The van der Waals surface area contributed by atoms with Gasteiger partial charge in [0.15, 0.2) is 5.60 Å². The minimum absolute atomic E-state index is 0.0552. The predicted molar refractivity (Wildman–Crippen MR) is 152 cm³/mol. The molecule has 4 rings (SSSR count). The number of hydrogen-bond acceptors (Lipinski definition) is 1. The summed E-state index contributed by atoms with van der Waals surface area (Å²) in [6.07, 6.45) is 16.9. The third-order valence-electron chi connectivity index (χ3n) is 10.6. The van der Waals surface area contributed by atoms with Crippen molar-refractivity contribution < 1.29 is 13.5 Å². The van der Waals surface area contributed by atoms with E-state index in [4.69, 9.17) is 4.74 Å². The molecule has 3 unspecified atom stereocenters. The molecular formula is C34H54F2O. The zero-order valence-corrected chi connectivity index (χ0v) is 24.3. The van der Waals surface area contributed by atoms with Crippen LogP contribution in [0, 0.1) is 5.41 Å². The Kier molecular flexibility index (Phi) is 9.79. The first-order chi connectivity index (χ1) is 17.8. The van der Waals surface area contributed by atoms with Gasteiger partial charge in [0.2, 0.25) is 0 Å². The molecule has 3 atom stereocenters. The first-order valence-corrected chi connectivity index (χ1v) is 15.9. The van der Waals surface area contributed by atoms with Crippen molar-refractivity contribution in [3.05, 3.63) is 35.4 Å². The quantitative estimate of drug-likeness (QED) is 0.188. The molecule has 1 nitrogen and oxygen atoms in total. The van der Waals surface area contributed by atoms with Gasteiger partial charge in [-0.2, -0.15) is 0 Å². The molecule has 2 saturated carbocycles. The van der Waals surface area contributed by atoms with E-state index >= 15 is 8.78 Å². The minimum atomic E-state index is -1.23. The molecule has 1 aromatic rings. The van der Waals surface area contributed by atoms with Crippen molar-refractivity contribution in [2.24, 2.45) is 5.41 Å².